The second-order valence-corrected chi connectivity index (χ2v) is 4.87. The first-order valence-corrected chi connectivity index (χ1v) is 5.27. The fourth-order valence-corrected chi connectivity index (χ4v) is 3.08. The molecule has 0 nitrogen and oxygen atoms in total. The Bertz CT molecular complexity index is 128. The average Bonchev–Trinajstić information content (AvgIpc) is 2.02. The van der Waals surface area contributed by atoms with Crippen molar-refractivity contribution in [3.63, 3.8) is 0 Å². The molecule has 62 valence electrons. The van der Waals surface area contributed by atoms with E-state index in [-0.39, 0.29) is 0 Å². The Balaban J connectivity index is 2.02. The lowest BCUT2D eigenvalue weighted by atomic mass is 9.44. The molecule has 1 saturated heterocycles. The van der Waals surface area contributed by atoms with Crippen LogP contribution in [0.3, 0.4) is 0 Å². The van der Waals surface area contributed by atoms with Crippen molar-refractivity contribution in [2.24, 2.45) is 17.8 Å². The van der Waals surface area contributed by atoms with Crippen molar-refractivity contribution in [3.8, 4) is 0 Å². The van der Waals surface area contributed by atoms with Gasteiger partial charge in [0.2, 0.25) is 0 Å². The first-order valence-electron chi connectivity index (χ1n) is 5.27. The highest BCUT2D eigenvalue weighted by atomic mass is 14.3. The van der Waals surface area contributed by atoms with Gasteiger partial charge in [0.15, 0.2) is 0 Å². The molecule has 1 heterocycles. The lowest BCUT2D eigenvalue weighted by molar-refractivity contribution is 0.216. The van der Waals surface area contributed by atoms with Crippen LogP contribution in [0.2, 0.25) is 12.1 Å². The van der Waals surface area contributed by atoms with Gasteiger partial charge in [0.25, 0.3) is 0 Å². The zero-order valence-corrected chi connectivity index (χ0v) is 7.84. The predicted octanol–water partition coefficient (Wildman–Crippen LogP) is 2.72. The summed E-state index contributed by atoms with van der Waals surface area (Å²) in [5, 5.41) is 0. The number of rotatable bonds is 0. The Labute approximate surface area is 71.0 Å². The summed E-state index contributed by atoms with van der Waals surface area (Å²) >= 11 is 0. The Kier molecular flexibility index (Phi) is 1.99. The Morgan fingerprint density at radius 1 is 1.09 bits per heavy atom. The summed E-state index contributed by atoms with van der Waals surface area (Å²) < 4.78 is 0. The van der Waals surface area contributed by atoms with Crippen LogP contribution in [0.4, 0.5) is 0 Å². The Hall–Kier alpha value is 0.0649. The molecule has 11 heavy (non-hydrogen) atoms. The quantitative estimate of drug-likeness (QED) is 0.465. The molecule has 1 aliphatic carbocycles. The molecule has 0 amide bonds. The summed E-state index contributed by atoms with van der Waals surface area (Å²) in [5.41, 5.74) is 0. The molecule has 0 aromatic rings. The van der Waals surface area contributed by atoms with Gasteiger partial charge < -0.3 is 0 Å². The fourth-order valence-electron chi connectivity index (χ4n) is 3.08. The summed E-state index contributed by atoms with van der Waals surface area (Å²) in [7, 11) is 1.53. The normalized spacial score (nSPS) is 50.0. The van der Waals surface area contributed by atoms with Gasteiger partial charge in [0.05, 0.1) is 0 Å². The molecule has 2 bridgehead atoms. The molecule has 0 aromatic carbocycles. The van der Waals surface area contributed by atoms with Crippen molar-refractivity contribution < 1.29 is 0 Å². The van der Waals surface area contributed by atoms with Crippen LogP contribution in [0.15, 0.2) is 0 Å². The van der Waals surface area contributed by atoms with Gasteiger partial charge in [-0.3, -0.25) is 0 Å². The molecule has 1 saturated carbocycles. The van der Waals surface area contributed by atoms with E-state index >= 15 is 0 Å². The van der Waals surface area contributed by atoms with Gasteiger partial charge >= 0.3 is 0 Å². The van der Waals surface area contributed by atoms with Gasteiger partial charge in [-0.25, -0.2) is 0 Å². The third kappa shape index (κ3) is 1.34. The van der Waals surface area contributed by atoms with Crippen LogP contribution in [0.5, 0.6) is 0 Å². The maximum absolute atomic E-state index is 2.46. The van der Waals surface area contributed by atoms with Gasteiger partial charge in [-0.15, -0.1) is 0 Å². The highest BCUT2D eigenvalue weighted by Crippen LogP contribution is 2.45. The van der Waals surface area contributed by atoms with E-state index in [0.29, 0.717) is 0 Å². The minimum atomic E-state index is 1.04. The predicted molar refractivity (Wildman–Crippen MR) is 51.4 cm³/mol. The molecular weight excluding hydrogens is 131 g/mol. The van der Waals surface area contributed by atoms with Crippen molar-refractivity contribution in [2.45, 2.75) is 45.2 Å². The first kappa shape index (κ1) is 7.70. The van der Waals surface area contributed by atoms with Gasteiger partial charge in [-0.05, 0) is 24.2 Å². The second kappa shape index (κ2) is 2.84. The van der Waals surface area contributed by atoms with E-state index < -0.39 is 0 Å². The highest BCUT2D eigenvalue weighted by molar-refractivity contribution is 6.38. The van der Waals surface area contributed by atoms with Crippen molar-refractivity contribution >= 4 is 7.28 Å². The largest absolute Gasteiger partial charge is 0.124 e. The molecule has 1 heteroatoms. The molecule has 0 spiro atoms. The average molecular weight is 150 g/mol. The summed E-state index contributed by atoms with van der Waals surface area (Å²) in [6.45, 7) is 4.91. The molecule has 0 N–H and O–H groups in total. The standard InChI is InChI=1S/C10H19B/c1-7-3-4-9-5-10(7)11-6-8(9)2/h7-11H,3-6H2,1-2H3. The molecule has 0 radical (unpaired) electrons. The monoisotopic (exact) mass is 150 g/mol. The number of hydrogen-bond acceptors (Lipinski definition) is 0. The third-order valence-corrected chi connectivity index (χ3v) is 4.20. The minimum Gasteiger partial charge on any atom is -0.0743 e. The van der Waals surface area contributed by atoms with E-state index in [2.05, 4.69) is 13.8 Å². The van der Waals surface area contributed by atoms with Crippen LogP contribution in [0.1, 0.15) is 33.1 Å². The fraction of sp³-hybridized carbons (Fsp3) is 1.00. The molecule has 2 rings (SSSR count). The zero-order chi connectivity index (χ0) is 7.84. The smallest absolute Gasteiger partial charge is 0.0743 e. The maximum Gasteiger partial charge on any atom is 0.124 e. The van der Waals surface area contributed by atoms with Crippen molar-refractivity contribution in [2.75, 3.05) is 0 Å². The Morgan fingerprint density at radius 3 is 2.73 bits per heavy atom. The topological polar surface area (TPSA) is 0 Å². The lowest BCUT2D eigenvalue weighted by Gasteiger charge is -2.41. The molecule has 1 aliphatic heterocycles. The van der Waals surface area contributed by atoms with Gasteiger partial charge in [-0.2, -0.15) is 0 Å². The minimum absolute atomic E-state index is 1.04. The SMILES string of the molecule is CC1CCC2CC1BCC2C. The number of hydrogen-bond donors (Lipinski definition) is 0. The van der Waals surface area contributed by atoms with Gasteiger partial charge in [-0.1, -0.05) is 38.8 Å². The summed E-state index contributed by atoms with van der Waals surface area (Å²) in [4.78, 5) is 0. The van der Waals surface area contributed by atoms with Crippen LogP contribution in [-0.2, 0) is 0 Å². The van der Waals surface area contributed by atoms with E-state index in [1.165, 1.54) is 26.4 Å². The molecule has 4 unspecified atom stereocenters. The van der Waals surface area contributed by atoms with Crippen LogP contribution in [0.25, 0.3) is 0 Å². The molecule has 0 aromatic heterocycles. The molecular formula is C10H19B. The molecule has 2 aliphatic rings. The maximum atomic E-state index is 2.46. The van der Waals surface area contributed by atoms with E-state index in [4.69, 9.17) is 0 Å². The Morgan fingerprint density at radius 2 is 1.91 bits per heavy atom. The van der Waals surface area contributed by atoms with Crippen molar-refractivity contribution in [1.29, 1.82) is 0 Å². The van der Waals surface area contributed by atoms with Crippen LogP contribution >= 0.6 is 0 Å². The summed E-state index contributed by atoms with van der Waals surface area (Å²) in [5.74, 6) is 4.28. The van der Waals surface area contributed by atoms with E-state index in [9.17, 15) is 0 Å². The van der Waals surface area contributed by atoms with Crippen LogP contribution in [-0.4, -0.2) is 7.28 Å². The van der Waals surface area contributed by atoms with Gasteiger partial charge in [0, 0.05) is 0 Å². The first-order chi connectivity index (χ1) is 5.27. The van der Waals surface area contributed by atoms with Crippen molar-refractivity contribution in [3.05, 3.63) is 0 Å². The van der Waals surface area contributed by atoms with Crippen LogP contribution < -0.4 is 0 Å². The second-order valence-electron chi connectivity index (χ2n) is 4.87. The number of fused-ring (bicyclic) bond motifs is 2. The van der Waals surface area contributed by atoms with Crippen molar-refractivity contribution in [1.82, 2.24) is 0 Å². The summed E-state index contributed by atoms with van der Waals surface area (Å²) in [6.07, 6.45) is 6.11. The van der Waals surface area contributed by atoms with E-state index in [1.54, 1.807) is 6.42 Å². The zero-order valence-electron chi connectivity index (χ0n) is 7.84. The third-order valence-electron chi connectivity index (χ3n) is 4.20. The molecule has 2 fully saturated rings. The highest BCUT2D eigenvalue weighted by Gasteiger charge is 2.34. The van der Waals surface area contributed by atoms with E-state index in [0.717, 1.165) is 23.6 Å². The van der Waals surface area contributed by atoms with Crippen LogP contribution in [0, 0.1) is 17.8 Å². The lowest BCUT2D eigenvalue weighted by Crippen LogP contribution is -2.32. The van der Waals surface area contributed by atoms with Gasteiger partial charge in [0.1, 0.15) is 7.28 Å². The summed E-state index contributed by atoms with van der Waals surface area (Å²) in [6, 6.07) is 0. The van der Waals surface area contributed by atoms with E-state index in [1.807, 2.05) is 0 Å². The molecule has 4 atom stereocenters.